The van der Waals surface area contributed by atoms with Gasteiger partial charge in [0.2, 0.25) is 0 Å². The van der Waals surface area contributed by atoms with Crippen LogP contribution in [0.2, 0.25) is 0 Å². The van der Waals surface area contributed by atoms with Crippen LogP contribution < -0.4 is 5.32 Å². The first-order valence-electron chi connectivity index (χ1n) is 7.63. The van der Waals surface area contributed by atoms with Crippen molar-refractivity contribution in [2.45, 2.75) is 64.1 Å². The van der Waals surface area contributed by atoms with Gasteiger partial charge in [-0.3, -0.25) is 0 Å². The molecule has 1 fully saturated rings. The zero-order valence-corrected chi connectivity index (χ0v) is 11.9. The molecule has 1 aromatic rings. The predicted octanol–water partition coefficient (Wildman–Crippen LogP) is 2.00. The van der Waals surface area contributed by atoms with Crippen molar-refractivity contribution in [1.82, 2.24) is 20.1 Å². The van der Waals surface area contributed by atoms with Crippen molar-refractivity contribution in [1.29, 1.82) is 0 Å². The summed E-state index contributed by atoms with van der Waals surface area (Å²) in [7, 11) is 0. The lowest BCUT2D eigenvalue weighted by atomic mass is 9.98. The highest BCUT2D eigenvalue weighted by Crippen LogP contribution is 2.34. The molecule has 0 saturated carbocycles. The lowest BCUT2D eigenvalue weighted by Crippen LogP contribution is -2.35. The van der Waals surface area contributed by atoms with Crippen molar-refractivity contribution in [2.24, 2.45) is 0 Å². The van der Waals surface area contributed by atoms with Gasteiger partial charge in [0.05, 0.1) is 12.1 Å². The Labute approximate surface area is 114 Å². The van der Waals surface area contributed by atoms with Crippen molar-refractivity contribution >= 4 is 0 Å². The number of fused-ring (bicyclic) bond motifs is 1. The van der Waals surface area contributed by atoms with Gasteiger partial charge in [0, 0.05) is 25.6 Å². The van der Waals surface area contributed by atoms with Crippen LogP contribution in [0, 0.1) is 0 Å². The molecule has 0 amide bonds. The van der Waals surface area contributed by atoms with Crippen molar-refractivity contribution in [3.63, 3.8) is 0 Å². The molecule has 1 aromatic heterocycles. The molecule has 0 aromatic carbocycles. The predicted molar refractivity (Wildman–Crippen MR) is 73.1 cm³/mol. The fourth-order valence-corrected chi connectivity index (χ4v) is 3.40. The van der Waals surface area contributed by atoms with Gasteiger partial charge in [-0.05, 0) is 19.3 Å². The SMILES string of the molecule is CCCC1NCCn2c1nnc2C1CCOC1CC. The number of ether oxygens (including phenoxy) is 1. The fraction of sp³-hybridized carbons (Fsp3) is 0.857. The summed E-state index contributed by atoms with van der Waals surface area (Å²) in [6.07, 6.45) is 4.78. The van der Waals surface area contributed by atoms with Gasteiger partial charge in [-0.25, -0.2) is 0 Å². The molecule has 0 spiro atoms. The smallest absolute Gasteiger partial charge is 0.150 e. The van der Waals surface area contributed by atoms with Crippen LogP contribution in [0.25, 0.3) is 0 Å². The summed E-state index contributed by atoms with van der Waals surface area (Å²) in [5, 5.41) is 12.5. The summed E-state index contributed by atoms with van der Waals surface area (Å²) in [6, 6.07) is 0.377. The quantitative estimate of drug-likeness (QED) is 0.904. The maximum Gasteiger partial charge on any atom is 0.150 e. The van der Waals surface area contributed by atoms with Gasteiger partial charge in [0.15, 0.2) is 0 Å². The van der Waals surface area contributed by atoms with Crippen molar-refractivity contribution in [3.05, 3.63) is 11.6 Å². The number of hydrogen-bond donors (Lipinski definition) is 1. The molecule has 1 N–H and O–H groups in total. The third-order valence-electron chi connectivity index (χ3n) is 4.37. The van der Waals surface area contributed by atoms with Gasteiger partial charge in [-0.15, -0.1) is 10.2 Å². The van der Waals surface area contributed by atoms with E-state index in [1.165, 1.54) is 6.42 Å². The fourth-order valence-electron chi connectivity index (χ4n) is 3.40. The van der Waals surface area contributed by atoms with E-state index in [9.17, 15) is 0 Å². The second-order valence-corrected chi connectivity index (χ2v) is 5.58. The molecule has 1 saturated heterocycles. The normalized spacial score (nSPS) is 30.5. The third kappa shape index (κ3) is 2.30. The Hall–Kier alpha value is -0.940. The Morgan fingerprint density at radius 2 is 2.16 bits per heavy atom. The van der Waals surface area contributed by atoms with E-state index in [-0.39, 0.29) is 0 Å². The summed E-state index contributed by atoms with van der Waals surface area (Å²) in [6.45, 7) is 7.29. The van der Waals surface area contributed by atoms with Crippen LogP contribution in [0.15, 0.2) is 0 Å². The number of hydrogen-bond acceptors (Lipinski definition) is 4. The van der Waals surface area contributed by atoms with E-state index in [1.807, 2.05) is 0 Å². The Balaban J connectivity index is 1.88. The van der Waals surface area contributed by atoms with Crippen LogP contribution in [0.3, 0.4) is 0 Å². The van der Waals surface area contributed by atoms with E-state index in [0.29, 0.717) is 18.1 Å². The largest absolute Gasteiger partial charge is 0.377 e. The minimum atomic E-state index is 0.327. The van der Waals surface area contributed by atoms with E-state index < -0.39 is 0 Å². The Kier molecular flexibility index (Phi) is 3.84. The highest BCUT2D eigenvalue weighted by Gasteiger charge is 2.34. The molecular formula is C14H24N4O. The Bertz CT molecular complexity index is 431. The molecule has 3 rings (SSSR count). The highest BCUT2D eigenvalue weighted by molar-refractivity contribution is 5.11. The van der Waals surface area contributed by atoms with Gasteiger partial charge >= 0.3 is 0 Å². The number of nitrogens with one attached hydrogen (secondary N) is 1. The average Bonchev–Trinajstić information content (AvgIpc) is 3.04. The lowest BCUT2D eigenvalue weighted by Gasteiger charge is -2.26. The first-order valence-corrected chi connectivity index (χ1v) is 7.63. The second-order valence-electron chi connectivity index (χ2n) is 5.58. The van der Waals surface area contributed by atoms with E-state index in [0.717, 1.165) is 50.6 Å². The molecule has 0 aliphatic carbocycles. The molecule has 2 aliphatic heterocycles. The van der Waals surface area contributed by atoms with Crippen molar-refractivity contribution in [3.8, 4) is 0 Å². The van der Waals surface area contributed by atoms with Crippen LogP contribution >= 0.6 is 0 Å². The molecule has 0 radical (unpaired) electrons. The van der Waals surface area contributed by atoms with Crippen LogP contribution in [-0.4, -0.2) is 34.0 Å². The van der Waals surface area contributed by atoms with Gasteiger partial charge in [0.25, 0.3) is 0 Å². The molecular weight excluding hydrogens is 240 g/mol. The molecule has 3 unspecified atom stereocenters. The minimum Gasteiger partial charge on any atom is -0.377 e. The monoisotopic (exact) mass is 264 g/mol. The first-order chi connectivity index (χ1) is 9.35. The van der Waals surface area contributed by atoms with Crippen LogP contribution in [-0.2, 0) is 11.3 Å². The van der Waals surface area contributed by atoms with E-state index in [4.69, 9.17) is 4.74 Å². The van der Waals surface area contributed by atoms with E-state index >= 15 is 0 Å². The van der Waals surface area contributed by atoms with Crippen molar-refractivity contribution < 1.29 is 4.74 Å². The van der Waals surface area contributed by atoms with Gasteiger partial charge in [0.1, 0.15) is 11.6 Å². The maximum atomic E-state index is 5.81. The maximum absolute atomic E-state index is 5.81. The summed E-state index contributed by atoms with van der Waals surface area (Å²) in [5.74, 6) is 2.72. The van der Waals surface area contributed by atoms with Crippen molar-refractivity contribution in [2.75, 3.05) is 13.2 Å². The molecule has 5 nitrogen and oxygen atoms in total. The zero-order chi connectivity index (χ0) is 13.2. The summed E-state index contributed by atoms with van der Waals surface area (Å²) < 4.78 is 8.15. The molecule has 2 aliphatic rings. The average molecular weight is 264 g/mol. The minimum absolute atomic E-state index is 0.327. The molecule has 3 atom stereocenters. The first kappa shape index (κ1) is 13.1. The van der Waals surface area contributed by atoms with Crippen LogP contribution in [0.4, 0.5) is 0 Å². The van der Waals surface area contributed by atoms with Gasteiger partial charge in [-0.1, -0.05) is 20.3 Å². The molecule has 0 bridgehead atoms. The molecule has 106 valence electrons. The number of rotatable bonds is 4. The third-order valence-corrected chi connectivity index (χ3v) is 4.37. The lowest BCUT2D eigenvalue weighted by molar-refractivity contribution is 0.0986. The Morgan fingerprint density at radius 3 is 2.95 bits per heavy atom. The Morgan fingerprint density at radius 1 is 1.32 bits per heavy atom. The van der Waals surface area contributed by atoms with E-state index in [1.54, 1.807) is 0 Å². The standard InChI is InChI=1S/C14H24N4O/c1-3-5-11-14-17-16-13(18(14)8-7-15-11)10-6-9-19-12(10)4-2/h10-12,15H,3-9H2,1-2H3. The van der Waals surface area contributed by atoms with Crippen LogP contribution in [0.5, 0.6) is 0 Å². The van der Waals surface area contributed by atoms with Gasteiger partial charge in [-0.2, -0.15) is 0 Å². The summed E-state index contributed by atoms with van der Waals surface area (Å²) in [4.78, 5) is 0. The number of aromatic nitrogens is 3. The summed E-state index contributed by atoms with van der Waals surface area (Å²) in [5.41, 5.74) is 0. The van der Waals surface area contributed by atoms with E-state index in [2.05, 4.69) is 33.9 Å². The summed E-state index contributed by atoms with van der Waals surface area (Å²) >= 11 is 0. The topological polar surface area (TPSA) is 52.0 Å². The van der Waals surface area contributed by atoms with Crippen LogP contribution in [0.1, 0.15) is 63.1 Å². The molecule has 5 heteroatoms. The molecule has 3 heterocycles. The second kappa shape index (κ2) is 5.59. The highest BCUT2D eigenvalue weighted by atomic mass is 16.5. The zero-order valence-electron chi connectivity index (χ0n) is 11.9. The number of nitrogens with zero attached hydrogens (tertiary/aromatic N) is 3. The van der Waals surface area contributed by atoms with Gasteiger partial charge < -0.3 is 14.6 Å². The molecule has 19 heavy (non-hydrogen) atoms.